The van der Waals surface area contributed by atoms with E-state index in [0.29, 0.717) is 32.1 Å². The van der Waals surface area contributed by atoms with E-state index in [1.165, 1.54) is 14.0 Å². The third-order valence-corrected chi connectivity index (χ3v) is 9.99. The molecule has 0 amide bonds. The molecule has 8 nitrogen and oxygen atoms in total. The Hall–Kier alpha value is -2.06. The van der Waals surface area contributed by atoms with Crippen LogP contribution in [0.4, 0.5) is 0 Å². The van der Waals surface area contributed by atoms with Crippen LogP contribution in [0.5, 0.6) is 0 Å². The zero-order chi connectivity index (χ0) is 26.5. The fourth-order valence-electron chi connectivity index (χ4n) is 8.50. The van der Waals surface area contributed by atoms with Crippen LogP contribution < -0.4 is 0 Å². The molecule has 0 saturated heterocycles. The number of hydrogen-bond acceptors (Lipinski definition) is 8. The SMILES string of the molecule is COCCC(=O)O[C@]1(C(=O)COC(C)=O)CC[C@H]2[C@@H]3C[C@H](C)C4=CC(=O)CC[C@]4(C)[C@H]3[C@@H](O)C[C@@]21C. The van der Waals surface area contributed by atoms with Crippen molar-refractivity contribution in [2.24, 2.45) is 34.5 Å². The summed E-state index contributed by atoms with van der Waals surface area (Å²) in [5, 5.41) is 11.7. The molecule has 4 rings (SSSR count). The third kappa shape index (κ3) is 4.14. The first kappa shape index (κ1) is 27.0. The van der Waals surface area contributed by atoms with Gasteiger partial charge < -0.3 is 19.3 Å². The van der Waals surface area contributed by atoms with Gasteiger partial charge in [0.2, 0.25) is 5.78 Å². The number of esters is 2. The molecular weight excluding hydrogens is 464 g/mol. The third-order valence-electron chi connectivity index (χ3n) is 9.99. The lowest BCUT2D eigenvalue weighted by molar-refractivity contribution is -0.204. The van der Waals surface area contributed by atoms with Crippen LogP contribution in [0, 0.1) is 34.5 Å². The normalized spacial score (nSPS) is 41.4. The van der Waals surface area contributed by atoms with Gasteiger partial charge in [-0.25, -0.2) is 0 Å². The predicted molar refractivity (Wildman–Crippen MR) is 130 cm³/mol. The van der Waals surface area contributed by atoms with E-state index in [-0.39, 0.29) is 47.9 Å². The van der Waals surface area contributed by atoms with Gasteiger partial charge in [0, 0.05) is 25.9 Å². The first-order valence-electron chi connectivity index (χ1n) is 13.2. The van der Waals surface area contributed by atoms with Crippen molar-refractivity contribution in [2.45, 2.75) is 84.3 Å². The van der Waals surface area contributed by atoms with E-state index in [4.69, 9.17) is 14.2 Å². The van der Waals surface area contributed by atoms with Gasteiger partial charge in [0.1, 0.15) is 0 Å². The molecule has 0 aromatic carbocycles. The lowest BCUT2D eigenvalue weighted by atomic mass is 9.44. The fraction of sp³-hybridized carbons (Fsp3) is 0.786. The second-order valence-electron chi connectivity index (χ2n) is 11.9. The molecule has 0 unspecified atom stereocenters. The number of carbonyl (C=O) groups is 4. The highest BCUT2D eigenvalue weighted by Crippen LogP contribution is 2.69. The Bertz CT molecular complexity index is 971. The van der Waals surface area contributed by atoms with Gasteiger partial charge in [0.15, 0.2) is 18.0 Å². The van der Waals surface area contributed by atoms with Crippen LogP contribution in [0.25, 0.3) is 0 Å². The highest BCUT2D eigenvalue weighted by atomic mass is 16.6. The number of carbonyl (C=O) groups excluding carboxylic acids is 4. The standard InChI is InChI=1S/C28H40O8/c1-16-12-19-20-7-10-28(23(32)15-35-17(2)29,36-24(33)8-11-34-5)27(20,4)14-22(31)25(19)26(3)9-6-18(30)13-21(16)26/h13,16,19-20,22,25,31H,6-12,14-15H2,1-5H3/t16-,19-,20-,22-,25+,26-,27-,28-/m0/s1. The van der Waals surface area contributed by atoms with E-state index in [0.717, 1.165) is 12.0 Å². The van der Waals surface area contributed by atoms with Gasteiger partial charge in [0.25, 0.3) is 0 Å². The Morgan fingerprint density at radius 2 is 1.92 bits per heavy atom. The molecule has 4 aliphatic rings. The van der Waals surface area contributed by atoms with Crippen molar-refractivity contribution < 1.29 is 38.5 Å². The molecule has 3 fully saturated rings. The number of aliphatic hydroxyl groups is 1. The van der Waals surface area contributed by atoms with Crippen LogP contribution in [0.2, 0.25) is 0 Å². The van der Waals surface area contributed by atoms with Gasteiger partial charge in [-0.05, 0) is 67.3 Å². The molecule has 0 aliphatic heterocycles. The number of aliphatic hydroxyl groups excluding tert-OH is 1. The lowest BCUT2D eigenvalue weighted by Gasteiger charge is -2.62. The number of ether oxygens (including phenoxy) is 3. The Morgan fingerprint density at radius 3 is 2.58 bits per heavy atom. The highest BCUT2D eigenvalue weighted by Gasteiger charge is 2.71. The average molecular weight is 505 g/mol. The molecule has 3 saturated carbocycles. The molecule has 0 heterocycles. The van der Waals surface area contributed by atoms with Crippen LogP contribution in [0.3, 0.4) is 0 Å². The molecule has 4 aliphatic carbocycles. The molecule has 0 spiro atoms. The van der Waals surface area contributed by atoms with Crippen molar-refractivity contribution in [3.63, 3.8) is 0 Å². The topological polar surface area (TPSA) is 116 Å². The van der Waals surface area contributed by atoms with E-state index in [1.54, 1.807) is 0 Å². The minimum absolute atomic E-state index is 0.00569. The monoisotopic (exact) mass is 504 g/mol. The zero-order valence-corrected chi connectivity index (χ0v) is 22.1. The smallest absolute Gasteiger partial charge is 0.309 e. The first-order chi connectivity index (χ1) is 16.9. The van der Waals surface area contributed by atoms with Gasteiger partial charge in [-0.15, -0.1) is 0 Å². The Balaban J connectivity index is 1.72. The van der Waals surface area contributed by atoms with Crippen molar-refractivity contribution in [3.8, 4) is 0 Å². The predicted octanol–water partition coefficient (Wildman–Crippen LogP) is 3.19. The van der Waals surface area contributed by atoms with Gasteiger partial charge in [-0.3, -0.25) is 19.2 Å². The van der Waals surface area contributed by atoms with Crippen LogP contribution in [0.15, 0.2) is 11.6 Å². The summed E-state index contributed by atoms with van der Waals surface area (Å²) in [6.07, 6.45) is 4.40. The summed E-state index contributed by atoms with van der Waals surface area (Å²) in [5.74, 6) is -1.08. The molecule has 200 valence electrons. The minimum atomic E-state index is -1.48. The molecule has 1 N–H and O–H groups in total. The van der Waals surface area contributed by atoms with Gasteiger partial charge in [-0.2, -0.15) is 0 Å². The molecule has 0 aromatic heterocycles. The number of Topliss-reactive ketones (excluding diaryl/α,β-unsaturated/α-hetero) is 1. The first-order valence-corrected chi connectivity index (χ1v) is 13.2. The van der Waals surface area contributed by atoms with Crippen LogP contribution >= 0.6 is 0 Å². The number of allylic oxidation sites excluding steroid dienone is 1. The van der Waals surface area contributed by atoms with Gasteiger partial charge in [-0.1, -0.05) is 26.3 Å². The summed E-state index contributed by atoms with van der Waals surface area (Å²) in [6.45, 7) is 7.23. The van der Waals surface area contributed by atoms with E-state index in [9.17, 15) is 24.3 Å². The maximum Gasteiger partial charge on any atom is 0.309 e. The summed E-state index contributed by atoms with van der Waals surface area (Å²) in [7, 11) is 1.49. The summed E-state index contributed by atoms with van der Waals surface area (Å²) in [4.78, 5) is 50.3. The summed E-state index contributed by atoms with van der Waals surface area (Å²) < 4.78 is 16.1. The lowest BCUT2D eigenvalue weighted by Crippen LogP contribution is -2.64. The van der Waals surface area contributed by atoms with Crippen molar-refractivity contribution in [3.05, 3.63) is 11.6 Å². The van der Waals surface area contributed by atoms with Crippen molar-refractivity contribution in [1.29, 1.82) is 0 Å². The number of methoxy groups -OCH3 is 1. The number of rotatable bonds is 7. The molecule has 0 aromatic rings. The maximum absolute atomic E-state index is 13.7. The van der Waals surface area contributed by atoms with Crippen molar-refractivity contribution in [1.82, 2.24) is 0 Å². The second kappa shape index (κ2) is 9.67. The zero-order valence-electron chi connectivity index (χ0n) is 22.1. The van der Waals surface area contributed by atoms with Crippen molar-refractivity contribution >= 4 is 23.5 Å². The van der Waals surface area contributed by atoms with Gasteiger partial charge in [0.05, 0.1) is 19.1 Å². The van der Waals surface area contributed by atoms with Crippen molar-refractivity contribution in [2.75, 3.05) is 20.3 Å². The van der Waals surface area contributed by atoms with Crippen LogP contribution in [-0.4, -0.2) is 60.6 Å². The molecular formula is C28H40O8. The summed E-state index contributed by atoms with van der Waals surface area (Å²) in [5.41, 5.74) is -1.43. The summed E-state index contributed by atoms with van der Waals surface area (Å²) >= 11 is 0. The molecule has 8 heteroatoms. The number of ketones is 2. The fourth-order valence-corrected chi connectivity index (χ4v) is 8.50. The highest BCUT2D eigenvalue weighted by molar-refractivity contribution is 5.93. The number of hydrogen-bond donors (Lipinski definition) is 1. The molecule has 0 bridgehead atoms. The largest absolute Gasteiger partial charge is 0.458 e. The Kier molecular flexibility index (Phi) is 7.25. The Labute approximate surface area is 213 Å². The van der Waals surface area contributed by atoms with Gasteiger partial charge >= 0.3 is 11.9 Å². The maximum atomic E-state index is 13.7. The second-order valence-corrected chi connectivity index (χ2v) is 11.9. The minimum Gasteiger partial charge on any atom is -0.458 e. The number of fused-ring (bicyclic) bond motifs is 5. The molecule has 36 heavy (non-hydrogen) atoms. The molecule has 0 radical (unpaired) electrons. The van der Waals surface area contributed by atoms with E-state index in [1.807, 2.05) is 13.0 Å². The quantitative estimate of drug-likeness (QED) is 0.526. The van der Waals surface area contributed by atoms with Crippen LogP contribution in [0.1, 0.15) is 72.6 Å². The molecule has 8 atom stereocenters. The Morgan fingerprint density at radius 1 is 1.19 bits per heavy atom. The summed E-state index contributed by atoms with van der Waals surface area (Å²) in [6, 6.07) is 0. The van der Waals surface area contributed by atoms with E-state index < -0.39 is 41.4 Å². The van der Waals surface area contributed by atoms with Crippen LogP contribution in [-0.2, 0) is 33.4 Å². The average Bonchev–Trinajstić information content (AvgIpc) is 3.09. The van der Waals surface area contributed by atoms with E-state index in [2.05, 4.69) is 13.8 Å². The van der Waals surface area contributed by atoms with E-state index >= 15 is 0 Å².